The van der Waals surface area contributed by atoms with Crippen molar-refractivity contribution >= 4 is 17.5 Å². The summed E-state index contributed by atoms with van der Waals surface area (Å²) in [6.07, 6.45) is 4.82. The molecular formula is C22H25N3O4. The predicted molar refractivity (Wildman–Crippen MR) is 108 cm³/mol. The van der Waals surface area contributed by atoms with Crippen LogP contribution >= 0.6 is 0 Å². The van der Waals surface area contributed by atoms with Crippen LogP contribution in [-0.4, -0.2) is 55.1 Å². The highest BCUT2D eigenvalue weighted by molar-refractivity contribution is 5.97. The summed E-state index contributed by atoms with van der Waals surface area (Å²) in [5, 5.41) is 2.97. The highest BCUT2D eigenvalue weighted by Crippen LogP contribution is 2.45. The second kappa shape index (κ2) is 8.21. The molecule has 0 aliphatic carbocycles. The lowest BCUT2D eigenvalue weighted by molar-refractivity contribution is -0.124. The molecule has 7 heteroatoms. The van der Waals surface area contributed by atoms with Crippen LogP contribution in [0.1, 0.15) is 23.2 Å². The van der Waals surface area contributed by atoms with Crippen molar-refractivity contribution in [1.82, 2.24) is 9.88 Å². The van der Waals surface area contributed by atoms with Crippen LogP contribution in [0.3, 0.4) is 0 Å². The minimum Gasteiger partial charge on any atom is -0.497 e. The third-order valence-corrected chi connectivity index (χ3v) is 5.99. The van der Waals surface area contributed by atoms with E-state index in [1.54, 1.807) is 48.7 Å². The number of benzene rings is 1. The van der Waals surface area contributed by atoms with Crippen LogP contribution in [0.2, 0.25) is 0 Å². The molecule has 2 amide bonds. The summed E-state index contributed by atoms with van der Waals surface area (Å²) in [5.41, 5.74) is 0.969. The first-order chi connectivity index (χ1) is 14.1. The Hall–Kier alpha value is -2.93. The van der Waals surface area contributed by atoms with Crippen LogP contribution in [0.5, 0.6) is 5.75 Å². The van der Waals surface area contributed by atoms with Gasteiger partial charge in [0, 0.05) is 43.5 Å². The van der Waals surface area contributed by atoms with Crippen molar-refractivity contribution < 1.29 is 19.1 Å². The van der Waals surface area contributed by atoms with E-state index in [1.165, 1.54) is 0 Å². The molecular weight excluding hydrogens is 370 g/mol. The second-order valence-electron chi connectivity index (χ2n) is 7.68. The molecule has 2 fully saturated rings. The van der Waals surface area contributed by atoms with Gasteiger partial charge in [0.1, 0.15) is 5.75 Å². The minimum absolute atomic E-state index is 0.0687. The summed E-state index contributed by atoms with van der Waals surface area (Å²) in [4.78, 5) is 32.2. The van der Waals surface area contributed by atoms with Crippen molar-refractivity contribution in [2.75, 3.05) is 38.7 Å². The standard InChI is InChI=1S/C22H25N3O4/c1-28-18-6-2-4-16(12-18)21(27)25-14-19(22(15-25)7-10-29-11-8-22)20(26)24-17-5-3-9-23-13-17/h2-6,9,12-13,19H,7-8,10-11,14-15H2,1H3,(H,24,26)/t19-/m1/s1. The third kappa shape index (κ3) is 3.96. The SMILES string of the molecule is COc1cccc(C(=O)N2C[C@H](C(=O)Nc3cccnc3)C3(CCOCC3)C2)c1. The lowest BCUT2D eigenvalue weighted by Gasteiger charge is -2.37. The van der Waals surface area contributed by atoms with E-state index in [-0.39, 0.29) is 23.1 Å². The maximum absolute atomic E-state index is 13.2. The smallest absolute Gasteiger partial charge is 0.254 e. The van der Waals surface area contributed by atoms with Crippen LogP contribution in [0.15, 0.2) is 48.8 Å². The van der Waals surface area contributed by atoms with Gasteiger partial charge in [0.25, 0.3) is 5.91 Å². The topological polar surface area (TPSA) is 80.8 Å². The van der Waals surface area contributed by atoms with Gasteiger partial charge in [0.15, 0.2) is 0 Å². The Balaban J connectivity index is 1.57. The molecule has 1 aromatic heterocycles. The molecule has 4 rings (SSSR count). The van der Waals surface area contributed by atoms with Crippen LogP contribution in [0.25, 0.3) is 0 Å². The van der Waals surface area contributed by atoms with Crippen molar-refractivity contribution in [2.45, 2.75) is 12.8 Å². The number of ether oxygens (including phenoxy) is 2. The van der Waals surface area contributed by atoms with Gasteiger partial charge in [-0.2, -0.15) is 0 Å². The highest BCUT2D eigenvalue weighted by Gasteiger charge is 2.51. The molecule has 1 N–H and O–H groups in total. The maximum Gasteiger partial charge on any atom is 0.254 e. The quantitative estimate of drug-likeness (QED) is 0.861. The Bertz CT molecular complexity index is 881. The maximum atomic E-state index is 13.2. The number of nitrogens with one attached hydrogen (secondary N) is 1. The Kier molecular flexibility index (Phi) is 5.49. The van der Waals surface area contributed by atoms with Gasteiger partial charge in [0.2, 0.25) is 5.91 Å². The summed E-state index contributed by atoms with van der Waals surface area (Å²) in [7, 11) is 1.58. The van der Waals surface area contributed by atoms with E-state index in [2.05, 4.69) is 10.3 Å². The van der Waals surface area contributed by atoms with Crippen molar-refractivity contribution in [3.05, 3.63) is 54.4 Å². The molecule has 3 heterocycles. The van der Waals surface area contributed by atoms with E-state index >= 15 is 0 Å². The van der Waals surface area contributed by atoms with Crippen LogP contribution in [0, 0.1) is 11.3 Å². The zero-order valence-electron chi connectivity index (χ0n) is 16.5. The highest BCUT2D eigenvalue weighted by atomic mass is 16.5. The zero-order chi connectivity index (χ0) is 20.3. The average molecular weight is 395 g/mol. The van der Waals surface area contributed by atoms with Gasteiger partial charge in [-0.1, -0.05) is 6.07 Å². The Morgan fingerprint density at radius 3 is 2.79 bits per heavy atom. The minimum atomic E-state index is -0.291. The molecule has 2 aromatic rings. The van der Waals surface area contributed by atoms with E-state index in [0.29, 0.717) is 43.3 Å². The Labute approximate surface area is 170 Å². The van der Waals surface area contributed by atoms with Crippen molar-refractivity contribution in [3.8, 4) is 5.75 Å². The molecule has 0 unspecified atom stereocenters. The second-order valence-corrected chi connectivity index (χ2v) is 7.68. The lowest BCUT2D eigenvalue weighted by Crippen LogP contribution is -2.42. The summed E-state index contributed by atoms with van der Waals surface area (Å²) >= 11 is 0. The molecule has 29 heavy (non-hydrogen) atoms. The summed E-state index contributed by atoms with van der Waals surface area (Å²) in [5.74, 6) is 0.204. The fourth-order valence-electron chi connectivity index (χ4n) is 4.37. The molecule has 1 spiro atoms. The van der Waals surface area contributed by atoms with Gasteiger partial charge in [-0.15, -0.1) is 0 Å². The first kappa shape index (κ1) is 19.4. The van der Waals surface area contributed by atoms with E-state index in [4.69, 9.17) is 9.47 Å². The molecule has 7 nitrogen and oxygen atoms in total. The largest absolute Gasteiger partial charge is 0.497 e. The van der Waals surface area contributed by atoms with Gasteiger partial charge < -0.3 is 19.7 Å². The fourth-order valence-corrected chi connectivity index (χ4v) is 4.37. The summed E-state index contributed by atoms with van der Waals surface area (Å²) in [6.45, 7) is 2.16. The number of hydrogen-bond donors (Lipinski definition) is 1. The Morgan fingerprint density at radius 1 is 1.24 bits per heavy atom. The van der Waals surface area contributed by atoms with Gasteiger partial charge in [0.05, 0.1) is 24.9 Å². The normalized spacial score (nSPS) is 20.4. The van der Waals surface area contributed by atoms with Gasteiger partial charge >= 0.3 is 0 Å². The molecule has 0 bridgehead atoms. The van der Waals surface area contributed by atoms with E-state index < -0.39 is 0 Å². The van der Waals surface area contributed by atoms with Gasteiger partial charge in [-0.05, 0) is 43.2 Å². The number of hydrogen-bond acceptors (Lipinski definition) is 5. The van der Waals surface area contributed by atoms with Gasteiger partial charge in [-0.3, -0.25) is 14.6 Å². The van der Waals surface area contributed by atoms with E-state index in [9.17, 15) is 9.59 Å². The van der Waals surface area contributed by atoms with Crippen molar-refractivity contribution in [1.29, 1.82) is 0 Å². The number of aromatic nitrogens is 1. The molecule has 2 aliphatic heterocycles. The average Bonchev–Trinajstić information content (AvgIpc) is 3.13. The third-order valence-electron chi connectivity index (χ3n) is 5.99. The summed E-state index contributed by atoms with van der Waals surface area (Å²) < 4.78 is 10.8. The van der Waals surface area contributed by atoms with Crippen molar-refractivity contribution in [2.24, 2.45) is 11.3 Å². The number of nitrogens with zero attached hydrogens (tertiary/aromatic N) is 2. The number of amides is 2. The van der Waals surface area contributed by atoms with E-state index in [0.717, 1.165) is 12.8 Å². The molecule has 0 radical (unpaired) electrons. The zero-order valence-corrected chi connectivity index (χ0v) is 16.5. The Morgan fingerprint density at radius 2 is 2.07 bits per heavy atom. The van der Waals surface area contributed by atoms with Crippen LogP contribution in [0.4, 0.5) is 5.69 Å². The lowest BCUT2D eigenvalue weighted by atomic mass is 9.71. The molecule has 2 saturated heterocycles. The number of carbonyl (C=O) groups is 2. The van der Waals surface area contributed by atoms with E-state index in [1.807, 2.05) is 12.1 Å². The van der Waals surface area contributed by atoms with Crippen LogP contribution in [-0.2, 0) is 9.53 Å². The number of carbonyl (C=O) groups excluding carboxylic acids is 2. The number of likely N-dealkylation sites (tertiary alicyclic amines) is 1. The summed E-state index contributed by atoms with van der Waals surface area (Å²) in [6, 6.07) is 10.7. The molecule has 152 valence electrons. The first-order valence-electron chi connectivity index (χ1n) is 9.83. The van der Waals surface area contributed by atoms with Crippen molar-refractivity contribution in [3.63, 3.8) is 0 Å². The monoisotopic (exact) mass is 395 g/mol. The first-order valence-corrected chi connectivity index (χ1v) is 9.83. The fraction of sp³-hybridized carbons (Fsp3) is 0.409. The number of anilines is 1. The molecule has 1 aromatic carbocycles. The number of rotatable bonds is 4. The molecule has 1 atom stereocenters. The van der Waals surface area contributed by atoms with Gasteiger partial charge in [-0.25, -0.2) is 0 Å². The predicted octanol–water partition coefficient (Wildman–Crippen LogP) is 2.60. The van der Waals surface area contributed by atoms with Crippen LogP contribution < -0.4 is 10.1 Å². The molecule has 0 saturated carbocycles. The number of methoxy groups -OCH3 is 1. The number of pyridine rings is 1. The molecule has 2 aliphatic rings.